The number of nitrogens with one attached hydrogen (secondary N) is 3. The highest BCUT2D eigenvalue weighted by molar-refractivity contribution is 7.92. The maximum Gasteiger partial charge on any atom is 0.224 e. The molecule has 5 atom stereocenters. The number of benzene rings is 2. The van der Waals surface area contributed by atoms with E-state index in [2.05, 4.69) is 31.6 Å². The van der Waals surface area contributed by atoms with Crippen LogP contribution < -0.4 is 10.8 Å². The fourth-order valence-corrected chi connectivity index (χ4v) is 8.42. The SMILES string of the molecule is CC(C)(C)NOC[C@@H]1CN(Cc2cccnc2)CCN1CS(=N)(=O)C[C@@H](CCc1ccccc1)C(=O)N[C@H]1c2ccccc2C[C@H]1O. The van der Waals surface area contributed by atoms with Gasteiger partial charge in [0.05, 0.1) is 40.3 Å². The molecule has 10 nitrogen and oxygen atoms in total. The van der Waals surface area contributed by atoms with Crippen LogP contribution in [-0.2, 0) is 38.7 Å². The van der Waals surface area contributed by atoms with Gasteiger partial charge in [-0.1, -0.05) is 60.7 Å². The van der Waals surface area contributed by atoms with Gasteiger partial charge in [0.2, 0.25) is 5.91 Å². The molecule has 1 fully saturated rings. The molecule has 0 spiro atoms. The van der Waals surface area contributed by atoms with E-state index in [1.165, 1.54) is 0 Å². The number of aryl methyl sites for hydroxylation is 1. The molecule has 254 valence electrons. The van der Waals surface area contributed by atoms with Crippen LogP contribution in [-0.4, -0.2) is 85.6 Å². The molecule has 5 rings (SSSR count). The van der Waals surface area contributed by atoms with Crippen LogP contribution >= 0.6 is 0 Å². The highest BCUT2D eigenvalue weighted by Crippen LogP contribution is 2.32. The van der Waals surface area contributed by atoms with Crippen molar-refractivity contribution in [1.29, 1.82) is 4.78 Å². The first kappa shape index (κ1) is 35.1. The molecule has 1 amide bonds. The van der Waals surface area contributed by atoms with Crippen molar-refractivity contribution < 1.29 is 18.9 Å². The molecule has 4 N–H and O–H groups in total. The third-order valence-corrected chi connectivity index (χ3v) is 10.5. The van der Waals surface area contributed by atoms with Crippen LogP contribution in [0.1, 0.15) is 55.5 Å². The van der Waals surface area contributed by atoms with E-state index >= 15 is 0 Å². The predicted molar refractivity (Wildman–Crippen MR) is 185 cm³/mol. The van der Waals surface area contributed by atoms with Crippen LogP contribution in [0.25, 0.3) is 0 Å². The molecule has 1 unspecified atom stereocenters. The van der Waals surface area contributed by atoms with Crippen LogP contribution in [0.15, 0.2) is 79.1 Å². The minimum atomic E-state index is -3.20. The van der Waals surface area contributed by atoms with E-state index in [9.17, 15) is 14.1 Å². The number of aliphatic hydroxyl groups is 1. The minimum absolute atomic E-state index is 0.0557. The van der Waals surface area contributed by atoms with Gasteiger partial charge in [0.1, 0.15) is 0 Å². The number of carbonyl (C=O) groups excluding carboxylic acids is 1. The van der Waals surface area contributed by atoms with Crippen molar-refractivity contribution in [1.82, 2.24) is 25.6 Å². The number of carbonyl (C=O) groups is 1. The summed E-state index contributed by atoms with van der Waals surface area (Å²) in [5.74, 6) is -0.914. The highest BCUT2D eigenvalue weighted by atomic mass is 32.2. The lowest BCUT2D eigenvalue weighted by Gasteiger charge is -2.41. The third kappa shape index (κ3) is 10.4. The van der Waals surface area contributed by atoms with Gasteiger partial charge in [-0.15, -0.1) is 0 Å². The lowest BCUT2D eigenvalue weighted by molar-refractivity contribution is -0.126. The standard InChI is InChI=1S/C36H50N6O4S/c1-36(2,3)40-46-24-31-23-41(22-28-12-9-17-38-21-28)18-19-42(31)26-47(37,45)25-30(16-15-27-10-5-4-6-11-27)35(44)39-34-32-14-8-7-13-29(32)20-33(34)43/h4-14,17,21,30-31,33-34,37,40,43H,15-16,18-20,22-26H2,1-3H3,(H,39,44)/t30-,31+,33-,34+,47?/m1/s1. The van der Waals surface area contributed by atoms with Crippen LogP contribution in [0, 0.1) is 10.7 Å². The van der Waals surface area contributed by atoms with E-state index in [4.69, 9.17) is 9.62 Å². The summed E-state index contributed by atoms with van der Waals surface area (Å²) in [4.78, 5) is 28.5. The summed E-state index contributed by atoms with van der Waals surface area (Å²) in [7, 11) is -3.20. The molecular formula is C36H50N6O4S. The number of hydroxylamine groups is 1. The summed E-state index contributed by atoms with van der Waals surface area (Å²) < 4.78 is 23.2. The average molecular weight is 663 g/mol. The van der Waals surface area contributed by atoms with Crippen molar-refractivity contribution in [3.8, 4) is 0 Å². The van der Waals surface area contributed by atoms with Gasteiger partial charge >= 0.3 is 0 Å². The Kier molecular flexibility index (Phi) is 11.8. The molecule has 0 bridgehead atoms. The molecule has 1 aliphatic heterocycles. The van der Waals surface area contributed by atoms with Crippen molar-refractivity contribution in [2.75, 3.05) is 37.9 Å². The second-order valence-corrected chi connectivity index (χ2v) is 16.2. The molecule has 2 aromatic carbocycles. The molecule has 47 heavy (non-hydrogen) atoms. The van der Waals surface area contributed by atoms with Gasteiger partial charge < -0.3 is 10.4 Å². The first-order valence-corrected chi connectivity index (χ1v) is 18.4. The van der Waals surface area contributed by atoms with E-state index in [0.717, 1.165) is 35.3 Å². The number of hydrogen-bond acceptors (Lipinski definition) is 9. The summed E-state index contributed by atoms with van der Waals surface area (Å²) >= 11 is 0. The predicted octanol–water partition coefficient (Wildman–Crippen LogP) is 3.92. The van der Waals surface area contributed by atoms with E-state index in [0.29, 0.717) is 39.0 Å². The van der Waals surface area contributed by atoms with Crippen molar-refractivity contribution in [3.05, 3.63) is 101 Å². The van der Waals surface area contributed by atoms with E-state index in [1.807, 2.05) is 87.6 Å². The number of nitrogens with zero attached hydrogens (tertiary/aromatic N) is 3. The van der Waals surface area contributed by atoms with Crippen molar-refractivity contribution in [3.63, 3.8) is 0 Å². The second kappa shape index (κ2) is 15.8. The number of fused-ring (bicyclic) bond motifs is 1. The second-order valence-electron chi connectivity index (χ2n) is 14.0. The molecule has 1 aliphatic carbocycles. The van der Waals surface area contributed by atoms with Crippen LogP contribution in [0.4, 0.5) is 0 Å². The Morgan fingerprint density at radius 2 is 1.83 bits per heavy atom. The molecular weight excluding hydrogens is 613 g/mol. The monoisotopic (exact) mass is 662 g/mol. The topological polar surface area (TPSA) is 131 Å². The zero-order chi connectivity index (χ0) is 33.4. The van der Waals surface area contributed by atoms with Gasteiger partial charge in [-0.2, -0.15) is 5.48 Å². The Balaban J connectivity index is 1.29. The molecule has 11 heteroatoms. The zero-order valence-electron chi connectivity index (χ0n) is 27.8. The average Bonchev–Trinajstić information content (AvgIpc) is 3.35. The number of hydrogen-bond donors (Lipinski definition) is 4. The fourth-order valence-electron chi connectivity index (χ4n) is 6.47. The maximum absolute atomic E-state index is 14.1. The Hall–Kier alpha value is -3.19. The Bertz CT molecular complexity index is 1550. The zero-order valence-corrected chi connectivity index (χ0v) is 28.6. The summed E-state index contributed by atoms with van der Waals surface area (Å²) in [5, 5.41) is 13.9. The molecule has 2 heterocycles. The van der Waals surface area contributed by atoms with Gasteiger partial charge in [0.15, 0.2) is 0 Å². The van der Waals surface area contributed by atoms with Gasteiger partial charge in [-0.05, 0) is 61.9 Å². The summed E-state index contributed by atoms with van der Waals surface area (Å²) in [6, 6.07) is 21.1. The van der Waals surface area contributed by atoms with Crippen molar-refractivity contribution in [2.24, 2.45) is 5.92 Å². The third-order valence-electron chi connectivity index (χ3n) is 8.81. The Morgan fingerprint density at radius 3 is 2.57 bits per heavy atom. The molecule has 2 aliphatic rings. The number of pyridine rings is 1. The van der Waals surface area contributed by atoms with Crippen molar-refractivity contribution >= 4 is 15.6 Å². The largest absolute Gasteiger partial charge is 0.390 e. The smallest absolute Gasteiger partial charge is 0.224 e. The summed E-state index contributed by atoms with van der Waals surface area (Å²) in [5.41, 5.74) is 7.01. The fraction of sp³-hybridized carbons (Fsp3) is 0.500. The van der Waals surface area contributed by atoms with Gasteiger partial charge in [-0.3, -0.25) is 29.2 Å². The molecule has 1 saturated heterocycles. The van der Waals surface area contributed by atoms with Crippen LogP contribution in [0.5, 0.6) is 0 Å². The number of aliphatic hydroxyl groups excluding tert-OH is 1. The number of rotatable bonds is 14. The van der Waals surface area contributed by atoms with Gasteiger partial charge in [-0.25, -0.2) is 4.21 Å². The van der Waals surface area contributed by atoms with E-state index in [1.54, 1.807) is 6.20 Å². The van der Waals surface area contributed by atoms with Crippen molar-refractivity contribution in [2.45, 2.75) is 70.3 Å². The Morgan fingerprint density at radius 1 is 1.09 bits per heavy atom. The number of aromatic nitrogens is 1. The quantitative estimate of drug-likeness (QED) is 0.191. The minimum Gasteiger partial charge on any atom is -0.390 e. The molecule has 0 radical (unpaired) electrons. The van der Waals surface area contributed by atoms with E-state index < -0.39 is 27.8 Å². The van der Waals surface area contributed by atoms with Crippen LogP contribution in [0.3, 0.4) is 0 Å². The Labute approximate surface area is 279 Å². The molecule has 0 saturated carbocycles. The first-order chi connectivity index (χ1) is 22.5. The van der Waals surface area contributed by atoms with Gasteiger partial charge in [0, 0.05) is 62.3 Å². The summed E-state index contributed by atoms with van der Waals surface area (Å²) in [6.07, 6.45) is 4.47. The van der Waals surface area contributed by atoms with E-state index in [-0.39, 0.29) is 29.1 Å². The lowest BCUT2D eigenvalue weighted by Crippen LogP contribution is -2.56. The number of amides is 1. The number of piperazine rings is 1. The van der Waals surface area contributed by atoms with Gasteiger partial charge in [0.25, 0.3) is 0 Å². The molecule has 3 aromatic rings. The maximum atomic E-state index is 14.1. The van der Waals surface area contributed by atoms with Crippen LogP contribution in [0.2, 0.25) is 0 Å². The lowest BCUT2D eigenvalue weighted by atomic mass is 9.99. The highest BCUT2D eigenvalue weighted by Gasteiger charge is 2.36. The molecule has 1 aromatic heterocycles. The normalized spacial score (nSPS) is 22.3. The summed E-state index contributed by atoms with van der Waals surface area (Å²) in [6.45, 7) is 9.28. The first-order valence-electron chi connectivity index (χ1n) is 16.5.